The van der Waals surface area contributed by atoms with Crippen LogP contribution in [0.15, 0.2) is 34.9 Å². The van der Waals surface area contributed by atoms with Gasteiger partial charge in [0.15, 0.2) is 0 Å². The minimum atomic E-state index is -0.364. The summed E-state index contributed by atoms with van der Waals surface area (Å²) in [6.07, 6.45) is 1.86. The lowest BCUT2D eigenvalue weighted by molar-refractivity contribution is -0.142. The van der Waals surface area contributed by atoms with Crippen LogP contribution in [0, 0.1) is 13.8 Å². The van der Waals surface area contributed by atoms with Crippen molar-refractivity contribution < 1.29 is 14.1 Å². The second-order valence-electron chi connectivity index (χ2n) is 5.54. The van der Waals surface area contributed by atoms with Crippen LogP contribution in [0.1, 0.15) is 11.3 Å². The summed E-state index contributed by atoms with van der Waals surface area (Å²) in [6, 6.07) is 9.65. The average Bonchev–Trinajstić information content (AvgIpc) is 3.19. The third-order valence-electron chi connectivity index (χ3n) is 3.44. The summed E-state index contributed by atoms with van der Waals surface area (Å²) >= 11 is 1.43. The van der Waals surface area contributed by atoms with E-state index < -0.39 is 0 Å². The predicted molar refractivity (Wildman–Crippen MR) is 94.9 cm³/mol. The van der Waals surface area contributed by atoms with Crippen molar-refractivity contribution in [2.75, 3.05) is 12.2 Å². The maximum Gasteiger partial charge on any atom is 0.328 e. The highest BCUT2D eigenvalue weighted by Crippen LogP contribution is 2.23. The molecule has 0 radical (unpaired) electrons. The molecule has 2 heterocycles. The number of thioether (sulfide) groups is 1. The number of carbonyl (C=O) groups is 1. The SMILES string of the molecule is CSCOC(=O)Cn1nc(C)cc1-c1nc(-c2cccc(C)c2)no1. The van der Waals surface area contributed by atoms with Crippen LogP contribution < -0.4 is 0 Å². The van der Waals surface area contributed by atoms with Crippen molar-refractivity contribution >= 4 is 17.7 Å². The Labute approximate surface area is 149 Å². The van der Waals surface area contributed by atoms with Gasteiger partial charge in [0.1, 0.15) is 18.2 Å². The van der Waals surface area contributed by atoms with Crippen LogP contribution >= 0.6 is 11.8 Å². The van der Waals surface area contributed by atoms with E-state index in [2.05, 4.69) is 15.2 Å². The van der Waals surface area contributed by atoms with Gasteiger partial charge in [-0.1, -0.05) is 28.9 Å². The Kier molecular flexibility index (Phi) is 5.18. The van der Waals surface area contributed by atoms with Crippen molar-refractivity contribution in [2.45, 2.75) is 20.4 Å². The van der Waals surface area contributed by atoms with Crippen molar-refractivity contribution in [2.24, 2.45) is 0 Å². The Hall–Kier alpha value is -2.61. The van der Waals surface area contributed by atoms with Gasteiger partial charge in [0.25, 0.3) is 5.89 Å². The van der Waals surface area contributed by atoms with Crippen LogP contribution in [-0.4, -0.2) is 38.1 Å². The summed E-state index contributed by atoms with van der Waals surface area (Å²) in [5, 5.41) is 8.35. The molecule has 2 aromatic heterocycles. The maximum absolute atomic E-state index is 11.9. The van der Waals surface area contributed by atoms with Gasteiger partial charge in [-0.3, -0.25) is 4.79 Å². The standard InChI is InChI=1S/C17H18N4O3S/c1-11-5-4-6-13(7-11)16-18-17(24-20-16)14-8-12(2)19-21(14)9-15(22)23-10-25-3/h4-8H,9-10H2,1-3H3. The average molecular weight is 358 g/mol. The number of aromatic nitrogens is 4. The minimum absolute atomic E-state index is 0.00804. The molecule has 1 aromatic carbocycles. The van der Waals surface area contributed by atoms with Gasteiger partial charge in [0, 0.05) is 5.56 Å². The Balaban J connectivity index is 1.86. The van der Waals surface area contributed by atoms with Crippen molar-refractivity contribution in [3.63, 3.8) is 0 Å². The molecule has 0 amide bonds. The molecule has 0 atom stereocenters. The van der Waals surface area contributed by atoms with E-state index in [-0.39, 0.29) is 12.5 Å². The zero-order valence-electron chi connectivity index (χ0n) is 14.2. The fourth-order valence-electron chi connectivity index (χ4n) is 2.36. The quantitative estimate of drug-likeness (QED) is 0.494. The molecule has 0 spiro atoms. The summed E-state index contributed by atoms with van der Waals surface area (Å²) in [5.74, 6) is 0.757. The number of nitrogens with zero attached hydrogens (tertiary/aromatic N) is 4. The van der Waals surface area contributed by atoms with Crippen LogP contribution in [0.2, 0.25) is 0 Å². The molecule has 3 rings (SSSR count). The lowest BCUT2D eigenvalue weighted by Gasteiger charge is -2.04. The molecule has 8 heteroatoms. The molecule has 0 unspecified atom stereocenters. The van der Waals surface area contributed by atoms with Crippen molar-refractivity contribution in [3.05, 3.63) is 41.6 Å². The molecule has 3 aromatic rings. The van der Waals surface area contributed by atoms with E-state index in [1.54, 1.807) is 6.07 Å². The molecule has 0 saturated heterocycles. The summed E-state index contributed by atoms with van der Waals surface area (Å²) in [6.45, 7) is 3.83. The maximum atomic E-state index is 11.9. The van der Waals surface area contributed by atoms with E-state index in [9.17, 15) is 4.79 Å². The number of esters is 1. The monoisotopic (exact) mass is 358 g/mol. The van der Waals surface area contributed by atoms with E-state index in [0.29, 0.717) is 23.3 Å². The molecule has 0 fully saturated rings. The summed E-state index contributed by atoms with van der Waals surface area (Å²) < 4.78 is 12.0. The molecule has 0 N–H and O–H groups in total. The lowest BCUT2D eigenvalue weighted by atomic mass is 10.1. The van der Waals surface area contributed by atoms with E-state index in [4.69, 9.17) is 9.26 Å². The molecule has 0 bridgehead atoms. The Bertz CT molecular complexity index is 888. The van der Waals surface area contributed by atoms with Crippen LogP contribution in [0.4, 0.5) is 0 Å². The molecule has 0 aliphatic rings. The third kappa shape index (κ3) is 4.08. The highest BCUT2D eigenvalue weighted by Gasteiger charge is 2.18. The number of hydrogen-bond donors (Lipinski definition) is 0. The van der Waals surface area contributed by atoms with E-state index in [0.717, 1.165) is 16.8 Å². The van der Waals surface area contributed by atoms with Gasteiger partial charge in [-0.05, 0) is 32.2 Å². The van der Waals surface area contributed by atoms with E-state index in [1.165, 1.54) is 16.4 Å². The van der Waals surface area contributed by atoms with Crippen molar-refractivity contribution in [1.29, 1.82) is 0 Å². The molecule has 25 heavy (non-hydrogen) atoms. The second-order valence-corrected chi connectivity index (χ2v) is 6.36. The Morgan fingerprint density at radius 2 is 2.16 bits per heavy atom. The number of rotatable bonds is 6. The van der Waals surface area contributed by atoms with Gasteiger partial charge in [0.2, 0.25) is 5.82 Å². The van der Waals surface area contributed by atoms with Crippen LogP contribution in [-0.2, 0) is 16.1 Å². The number of carbonyl (C=O) groups excluding carboxylic acids is 1. The highest BCUT2D eigenvalue weighted by atomic mass is 32.2. The molecule has 0 saturated carbocycles. The first-order valence-corrected chi connectivity index (χ1v) is 9.06. The summed E-state index contributed by atoms with van der Waals surface area (Å²) in [7, 11) is 0. The van der Waals surface area contributed by atoms with Crippen molar-refractivity contribution in [1.82, 2.24) is 19.9 Å². The number of ether oxygens (including phenoxy) is 1. The first-order chi connectivity index (χ1) is 12.1. The summed E-state index contributed by atoms with van der Waals surface area (Å²) in [5.41, 5.74) is 3.33. The zero-order valence-corrected chi connectivity index (χ0v) is 15.0. The van der Waals surface area contributed by atoms with Crippen LogP contribution in [0.25, 0.3) is 23.0 Å². The van der Waals surface area contributed by atoms with E-state index in [1.807, 2.05) is 44.4 Å². The van der Waals surface area contributed by atoms with Gasteiger partial charge in [-0.2, -0.15) is 10.1 Å². The number of aryl methyl sites for hydroxylation is 2. The lowest BCUT2D eigenvalue weighted by Crippen LogP contribution is -2.15. The fourth-order valence-corrected chi connectivity index (χ4v) is 2.61. The van der Waals surface area contributed by atoms with Gasteiger partial charge in [-0.25, -0.2) is 4.68 Å². The van der Waals surface area contributed by atoms with Gasteiger partial charge < -0.3 is 9.26 Å². The molecular formula is C17H18N4O3S. The largest absolute Gasteiger partial charge is 0.453 e. The topological polar surface area (TPSA) is 83.0 Å². The normalized spacial score (nSPS) is 10.8. The Morgan fingerprint density at radius 1 is 1.32 bits per heavy atom. The van der Waals surface area contributed by atoms with Crippen molar-refractivity contribution in [3.8, 4) is 23.0 Å². The van der Waals surface area contributed by atoms with Gasteiger partial charge in [0.05, 0.1) is 5.69 Å². The third-order valence-corrected chi connectivity index (χ3v) is 3.79. The van der Waals surface area contributed by atoms with Gasteiger partial charge >= 0.3 is 5.97 Å². The smallest absolute Gasteiger partial charge is 0.328 e. The first kappa shape index (κ1) is 17.2. The summed E-state index contributed by atoms with van der Waals surface area (Å²) in [4.78, 5) is 16.3. The molecular weight excluding hydrogens is 340 g/mol. The number of benzene rings is 1. The molecule has 130 valence electrons. The first-order valence-electron chi connectivity index (χ1n) is 7.67. The molecule has 7 nitrogen and oxygen atoms in total. The minimum Gasteiger partial charge on any atom is -0.453 e. The van der Waals surface area contributed by atoms with Crippen LogP contribution in [0.3, 0.4) is 0 Å². The fraction of sp³-hybridized carbons (Fsp3) is 0.294. The van der Waals surface area contributed by atoms with E-state index >= 15 is 0 Å². The zero-order chi connectivity index (χ0) is 17.8. The number of hydrogen-bond acceptors (Lipinski definition) is 7. The predicted octanol–water partition coefficient (Wildman–Crippen LogP) is 3.08. The highest BCUT2D eigenvalue weighted by molar-refractivity contribution is 7.98. The second kappa shape index (κ2) is 7.52. The van der Waals surface area contributed by atoms with Gasteiger partial charge in [-0.15, -0.1) is 11.8 Å². The van der Waals surface area contributed by atoms with Crippen LogP contribution in [0.5, 0.6) is 0 Å². The molecule has 0 aliphatic carbocycles. The Morgan fingerprint density at radius 3 is 2.92 bits per heavy atom. The molecule has 0 aliphatic heterocycles.